The van der Waals surface area contributed by atoms with Crippen LogP contribution in [0.3, 0.4) is 0 Å². The summed E-state index contributed by atoms with van der Waals surface area (Å²) in [5.74, 6) is 0.375. The Morgan fingerprint density at radius 1 is 0.636 bits per heavy atom. The van der Waals surface area contributed by atoms with Crippen LogP contribution in [0.2, 0.25) is 0 Å². The van der Waals surface area contributed by atoms with E-state index in [1.54, 1.807) is 0 Å². The molecule has 0 saturated carbocycles. The standard InChI is InChI=1S/C43H44N/c1-33-26-27-41(32-42(33)43-25-10-11-28-44(43)2)40-24-14-23-39(31-40)38-22-13-21-37(30-38)36-20-12-19-35(29-36)18-7-4-3-6-15-34-16-8-5-9-17-34/h5,8-14,16-17,19-29,31-32,38H,3-4,6-7,15,18,30H2,1-2H3/q+1. The monoisotopic (exact) mass is 574 g/mol. The van der Waals surface area contributed by atoms with Gasteiger partial charge in [0.25, 0.3) is 0 Å². The molecule has 1 aromatic heterocycles. The van der Waals surface area contributed by atoms with Crippen LogP contribution in [-0.4, -0.2) is 0 Å². The molecular weight excluding hydrogens is 530 g/mol. The van der Waals surface area contributed by atoms with Crippen molar-refractivity contribution in [2.45, 2.75) is 57.8 Å². The number of allylic oxidation sites excluding steroid dienone is 4. The summed E-state index contributed by atoms with van der Waals surface area (Å²) < 4.78 is 2.20. The van der Waals surface area contributed by atoms with Gasteiger partial charge in [-0.15, -0.1) is 0 Å². The maximum atomic E-state index is 2.43. The highest BCUT2D eigenvalue weighted by Crippen LogP contribution is 2.36. The van der Waals surface area contributed by atoms with Crippen molar-refractivity contribution in [2.24, 2.45) is 7.05 Å². The molecule has 0 amide bonds. The molecule has 220 valence electrons. The van der Waals surface area contributed by atoms with E-state index in [1.165, 1.54) is 87.9 Å². The second-order valence-electron chi connectivity index (χ2n) is 12.3. The highest BCUT2D eigenvalue weighted by Gasteiger charge is 2.17. The molecule has 0 saturated heterocycles. The van der Waals surface area contributed by atoms with Gasteiger partial charge in [0.2, 0.25) is 5.69 Å². The van der Waals surface area contributed by atoms with Crippen LogP contribution >= 0.6 is 0 Å². The number of rotatable bonds is 11. The third-order valence-corrected chi connectivity index (χ3v) is 9.12. The van der Waals surface area contributed by atoms with Crippen molar-refractivity contribution in [3.8, 4) is 22.4 Å². The Kier molecular flexibility index (Phi) is 9.63. The number of nitrogens with zero attached hydrogens (tertiary/aromatic N) is 1. The van der Waals surface area contributed by atoms with Gasteiger partial charge >= 0.3 is 0 Å². The highest BCUT2D eigenvalue weighted by molar-refractivity contribution is 5.74. The summed E-state index contributed by atoms with van der Waals surface area (Å²) >= 11 is 0. The minimum absolute atomic E-state index is 0.375. The summed E-state index contributed by atoms with van der Waals surface area (Å²) in [5.41, 5.74) is 13.5. The number of hydrogen-bond acceptors (Lipinski definition) is 0. The molecule has 1 unspecified atom stereocenters. The molecule has 4 aromatic carbocycles. The Morgan fingerprint density at radius 3 is 2.20 bits per heavy atom. The molecule has 0 N–H and O–H groups in total. The summed E-state index contributed by atoms with van der Waals surface area (Å²) in [6.07, 6.45) is 17.6. The Morgan fingerprint density at radius 2 is 1.36 bits per heavy atom. The number of aryl methyl sites for hydroxylation is 4. The zero-order chi connectivity index (χ0) is 30.1. The van der Waals surface area contributed by atoms with Gasteiger partial charge in [0.15, 0.2) is 6.20 Å². The van der Waals surface area contributed by atoms with Crippen molar-refractivity contribution in [3.05, 3.63) is 168 Å². The maximum Gasteiger partial charge on any atom is 0.212 e. The molecule has 1 heterocycles. The van der Waals surface area contributed by atoms with E-state index in [9.17, 15) is 0 Å². The zero-order valence-electron chi connectivity index (χ0n) is 26.3. The lowest BCUT2D eigenvalue weighted by molar-refractivity contribution is -0.660. The average Bonchev–Trinajstić information content (AvgIpc) is 3.08. The first-order valence-electron chi connectivity index (χ1n) is 16.3. The van der Waals surface area contributed by atoms with E-state index >= 15 is 0 Å². The van der Waals surface area contributed by atoms with Crippen LogP contribution < -0.4 is 4.57 Å². The minimum atomic E-state index is 0.375. The fourth-order valence-corrected chi connectivity index (χ4v) is 6.53. The molecule has 1 atom stereocenters. The summed E-state index contributed by atoms with van der Waals surface area (Å²) in [6.45, 7) is 2.20. The molecule has 0 radical (unpaired) electrons. The van der Waals surface area contributed by atoms with Crippen LogP contribution in [0.1, 0.15) is 65.8 Å². The van der Waals surface area contributed by atoms with Gasteiger partial charge < -0.3 is 0 Å². The molecule has 0 spiro atoms. The van der Waals surface area contributed by atoms with Gasteiger partial charge in [-0.25, -0.2) is 4.57 Å². The number of unbranched alkanes of at least 4 members (excludes halogenated alkanes) is 3. The lowest BCUT2D eigenvalue weighted by Crippen LogP contribution is -2.30. The summed E-state index contributed by atoms with van der Waals surface area (Å²) in [4.78, 5) is 0. The maximum absolute atomic E-state index is 2.43. The van der Waals surface area contributed by atoms with Gasteiger partial charge in [-0.2, -0.15) is 0 Å². The first-order chi connectivity index (χ1) is 21.6. The molecule has 0 fully saturated rings. The first-order valence-corrected chi connectivity index (χ1v) is 16.3. The van der Waals surface area contributed by atoms with Crippen LogP contribution in [0.25, 0.3) is 28.0 Å². The molecule has 44 heavy (non-hydrogen) atoms. The van der Waals surface area contributed by atoms with Gasteiger partial charge in [0, 0.05) is 23.6 Å². The third kappa shape index (κ3) is 7.34. The molecule has 1 aliphatic rings. The topological polar surface area (TPSA) is 3.88 Å². The SMILES string of the molecule is Cc1ccc(-c2cccc(C3C=CC=C(c4cccc(CCCCCCc5ccccc5)c4)C3)c2)cc1-c1cccc[n+]1C. The second kappa shape index (κ2) is 14.3. The summed E-state index contributed by atoms with van der Waals surface area (Å²) in [5, 5.41) is 0. The molecule has 1 aliphatic carbocycles. The van der Waals surface area contributed by atoms with E-state index in [0.717, 1.165) is 12.8 Å². The van der Waals surface area contributed by atoms with Gasteiger partial charge in [-0.05, 0) is 95.7 Å². The molecule has 5 aromatic rings. The number of pyridine rings is 1. The van der Waals surface area contributed by atoms with Crippen LogP contribution in [0, 0.1) is 6.92 Å². The van der Waals surface area contributed by atoms with E-state index < -0.39 is 0 Å². The van der Waals surface area contributed by atoms with E-state index in [2.05, 4.69) is 158 Å². The molecule has 1 heteroatoms. The van der Waals surface area contributed by atoms with Gasteiger partial charge in [0.1, 0.15) is 7.05 Å². The Balaban J connectivity index is 1.09. The lowest BCUT2D eigenvalue weighted by Gasteiger charge is -2.20. The molecule has 0 aliphatic heterocycles. The van der Waals surface area contributed by atoms with Crippen LogP contribution in [0.5, 0.6) is 0 Å². The Labute approximate surface area is 264 Å². The fraction of sp³-hybridized carbons (Fsp3) is 0.233. The fourth-order valence-electron chi connectivity index (χ4n) is 6.53. The van der Waals surface area contributed by atoms with Crippen LogP contribution in [-0.2, 0) is 19.9 Å². The van der Waals surface area contributed by atoms with Crippen LogP contribution in [0.4, 0.5) is 0 Å². The molecular formula is C43H44N+. The van der Waals surface area contributed by atoms with Gasteiger partial charge in [-0.1, -0.05) is 122 Å². The number of aromatic nitrogens is 1. The van der Waals surface area contributed by atoms with Gasteiger partial charge in [0.05, 0.1) is 0 Å². The van der Waals surface area contributed by atoms with Crippen molar-refractivity contribution in [2.75, 3.05) is 0 Å². The van der Waals surface area contributed by atoms with Crippen molar-refractivity contribution < 1.29 is 4.57 Å². The van der Waals surface area contributed by atoms with Crippen molar-refractivity contribution in [1.82, 2.24) is 0 Å². The second-order valence-corrected chi connectivity index (χ2v) is 12.3. The predicted molar refractivity (Wildman–Crippen MR) is 186 cm³/mol. The molecule has 1 nitrogen and oxygen atoms in total. The Bertz CT molecular complexity index is 1760. The number of hydrogen-bond donors (Lipinski definition) is 0. The van der Waals surface area contributed by atoms with Crippen LogP contribution in [0.15, 0.2) is 140 Å². The molecule has 0 bridgehead atoms. The van der Waals surface area contributed by atoms with E-state index in [0.29, 0.717) is 5.92 Å². The van der Waals surface area contributed by atoms with E-state index in [4.69, 9.17) is 0 Å². The Hall–Kier alpha value is -4.49. The lowest BCUT2D eigenvalue weighted by atomic mass is 9.84. The normalized spacial score (nSPS) is 14.4. The van der Waals surface area contributed by atoms with Crippen molar-refractivity contribution in [1.29, 1.82) is 0 Å². The van der Waals surface area contributed by atoms with E-state index in [-0.39, 0.29) is 0 Å². The van der Waals surface area contributed by atoms with E-state index in [1.807, 2.05) is 0 Å². The highest BCUT2D eigenvalue weighted by atomic mass is 14.9. The van der Waals surface area contributed by atoms with Gasteiger partial charge in [-0.3, -0.25) is 0 Å². The largest absolute Gasteiger partial charge is 0.212 e. The predicted octanol–water partition coefficient (Wildman–Crippen LogP) is 10.6. The molecule has 6 rings (SSSR count). The van der Waals surface area contributed by atoms with Crippen molar-refractivity contribution >= 4 is 5.57 Å². The quantitative estimate of drug-likeness (QED) is 0.109. The average molecular weight is 575 g/mol. The number of benzene rings is 4. The zero-order valence-corrected chi connectivity index (χ0v) is 26.3. The first kappa shape index (κ1) is 29.6. The smallest absolute Gasteiger partial charge is 0.201 e. The summed E-state index contributed by atoms with van der Waals surface area (Å²) in [7, 11) is 2.12. The third-order valence-electron chi connectivity index (χ3n) is 9.12. The minimum Gasteiger partial charge on any atom is -0.201 e. The van der Waals surface area contributed by atoms with Crippen molar-refractivity contribution in [3.63, 3.8) is 0 Å². The summed E-state index contributed by atoms with van der Waals surface area (Å²) in [6, 6.07) is 42.6.